The van der Waals surface area contributed by atoms with Crippen molar-refractivity contribution in [1.29, 1.82) is 0 Å². The van der Waals surface area contributed by atoms with Crippen LogP contribution in [-0.2, 0) is 0 Å². The lowest BCUT2D eigenvalue weighted by Gasteiger charge is -2.37. The molecule has 0 spiro atoms. The Morgan fingerprint density at radius 2 is 2.00 bits per heavy atom. The summed E-state index contributed by atoms with van der Waals surface area (Å²) < 4.78 is 5.07. The third-order valence-electron chi connectivity index (χ3n) is 3.66. The molecule has 1 aromatic carbocycles. The van der Waals surface area contributed by atoms with Crippen LogP contribution in [0.15, 0.2) is 24.3 Å². The van der Waals surface area contributed by atoms with E-state index in [0.29, 0.717) is 6.54 Å². The molecule has 5 heteroatoms. The van der Waals surface area contributed by atoms with E-state index in [1.807, 2.05) is 13.8 Å². The smallest absolute Gasteiger partial charge is 0.322 e. The minimum Gasteiger partial charge on any atom is -0.497 e. The average Bonchev–Trinajstić information content (AvgIpc) is 2.46. The van der Waals surface area contributed by atoms with Crippen LogP contribution in [0, 0.1) is 0 Å². The van der Waals surface area contributed by atoms with Crippen molar-refractivity contribution < 1.29 is 9.53 Å². The highest BCUT2D eigenvalue weighted by molar-refractivity contribution is 5.89. The monoisotopic (exact) mass is 265 g/mol. The quantitative estimate of drug-likeness (QED) is 0.858. The van der Waals surface area contributed by atoms with Crippen molar-refractivity contribution in [2.24, 2.45) is 5.73 Å². The van der Waals surface area contributed by atoms with Crippen molar-refractivity contribution in [3.63, 3.8) is 0 Å². The molecule has 106 valence electrons. The van der Waals surface area contributed by atoms with Gasteiger partial charge in [0.1, 0.15) is 5.75 Å². The summed E-state index contributed by atoms with van der Waals surface area (Å²) in [6, 6.07) is 7.04. The number of methoxy groups -OCH3 is 1. The molecule has 2 amide bonds. The number of likely N-dealkylation sites (N-methyl/N-ethyl adjacent to an activating group) is 1. The molecule has 0 saturated heterocycles. The van der Waals surface area contributed by atoms with Crippen molar-refractivity contribution in [3.8, 4) is 5.75 Å². The van der Waals surface area contributed by atoms with E-state index in [0.717, 1.165) is 17.9 Å². The highest BCUT2D eigenvalue weighted by atomic mass is 16.5. The third-order valence-corrected chi connectivity index (χ3v) is 3.66. The van der Waals surface area contributed by atoms with Gasteiger partial charge in [-0.2, -0.15) is 0 Å². The second-order valence-electron chi connectivity index (χ2n) is 4.77. The van der Waals surface area contributed by atoms with Crippen LogP contribution in [0.4, 0.5) is 10.5 Å². The van der Waals surface area contributed by atoms with Gasteiger partial charge >= 0.3 is 6.03 Å². The molecule has 19 heavy (non-hydrogen) atoms. The number of nitrogens with one attached hydrogen (secondary N) is 1. The third kappa shape index (κ3) is 3.61. The fourth-order valence-electron chi connectivity index (χ4n) is 1.65. The van der Waals surface area contributed by atoms with E-state index in [4.69, 9.17) is 10.5 Å². The largest absolute Gasteiger partial charge is 0.497 e. The van der Waals surface area contributed by atoms with E-state index >= 15 is 0 Å². The molecule has 0 heterocycles. The van der Waals surface area contributed by atoms with E-state index in [9.17, 15) is 4.79 Å². The zero-order valence-electron chi connectivity index (χ0n) is 12.1. The van der Waals surface area contributed by atoms with E-state index < -0.39 is 0 Å². The number of hydrogen-bond acceptors (Lipinski definition) is 3. The predicted octanol–water partition coefficient (Wildman–Crippen LogP) is 2.29. The van der Waals surface area contributed by atoms with E-state index in [1.54, 1.807) is 43.3 Å². The number of amides is 2. The fraction of sp³-hybridized carbons (Fsp3) is 0.500. The Bertz CT molecular complexity index is 413. The van der Waals surface area contributed by atoms with Gasteiger partial charge in [-0.15, -0.1) is 0 Å². The Labute approximate surface area is 114 Å². The van der Waals surface area contributed by atoms with Gasteiger partial charge in [-0.05, 0) is 37.6 Å². The molecule has 1 aromatic rings. The van der Waals surface area contributed by atoms with Gasteiger partial charge in [0.15, 0.2) is 0 Å². The minimum atomic E-state index is -0.337. The molecule has 0 radical (unpaired) electrons. The van der Waals surface area contributed by atoms with Gasteiger partial charge in [0.25, 0.3) is 0 Å². The maximum absolute atomic E-state index is 12.2. The van der Waals surface area contributed by atoms with Crippen molar-refractivity contribution >= 4 is 11.7 Å². The molecule has 5 nitrogen and oxygen atoms in total. The maximum atomic E-state index is 12.2. The van der Waals surface area contributed by atoms with Gasteiger partial charge in [-0.25, -0.2) is 4.79 Å². The number of hydrogen-bond donors (Lipinski definition) is 2. The molecule has 0 aliphatic heterocycles. The summed E-state index contributed by atoms with van der Waals surface area (Å²) >= 11 is 0. The maximum Gasteiger partial charge on any atom is 0.322 e. The number of urea groups is 1. The lowest BCUT2D eigenvalue weighted by Crippen LogP contribution is -2.53. The molecule has 0 aliphatic rings. The second-order valence-corrected chi connectivity index (χ2v) is 4.77. The Morgan fingerprint density at radius 3 is 2.42 bits per heavy atom. The summed E-state index contributed by atoms with van der Waals surface area (Å²) in [5.41, 5.74) is 6.14. The molecule has 0 aliphatic carbocycles. The zero-order chi connectivity index (χ0) is 14.5. The summed E-state index contributed by atoms with van der Waals surface area (Å²) in [4.78, 5) is 13.8. The number of carbonyl (C=O) groups is 1. The Balaban J connectivity index is 2.73. The predicted molar refractivity (Wildman–Crippen MR) is 77.5 cm³/mol. The number of rotatable bonds is 5. The van der Waals surface area contributed by atoms with Crippen LogP contribution >= 0.6 is 0 Å². The first kappa shape index (κ1) is 15.3. The Morgan fingerprint density at radius 1 is 1.42 bits per heavy atom. The molecule has 3 N–H and O–H groups in total. The average molecular weight is 265 g/mol. The van der Waals surface area contributed by atoms with Gasteiger partial charge in [0.05, 0.1) is 12.6 Å². The van der Waals surface area contributed by atoms with Crippen LogP contribution < -0.4 is 15.8 Å². The van der Waals surface area contributed by atoms with E-state index in [1.165, 1.54) is 0 Å². The summed E-state index contributed by atoms with van der Waals surface area (Å²) in [6.07, 6.45) is 0.802. The highest BCUT2D eigenvalue weighted by Gasteiger charge is 2.29. The number of nitrogens with zero attached hydrogens (tertiary/aromatic N) is 1. The summed E-state index contributed by atoms with van der Waals surface area (Å²) in [5.74, 6) is 0.756. The second kappa shape index (κ2) is 6.43. The Kier molecular flexibility index (Phi) is 5.18. The molecular formula is C14H23N3O2. The van der Waals surface area contributed by atoms with E-state index in [-0.39, 0.29) is 11.6 Å². The molecule has 0 fully saturated rings. The zero-order valence-corrected chi connectivity index (χ0v) is 12.1. The van der Waals surface area contributed by atoms with Gasteiger partial charge < -0.3 is 20.7 Å². The number of anilines is 1. The summed E-state index contributed by atoms with van der Waals surface area (Å²) in [7, 11) is 3.37. The van der Waals surface area contributed by atoms with Crippen molar-refractivity contribution in [2.45, 2.75) is 25.8 Å². The molecule has 1 unspecified atom stereocenters. The number of benzene rings is 1. The van der Waals surface area contributed by atoms with Gasteiger partial charge in [-0.1, -0.05) is 6.92 Å². The minimum absolute atomic E-state index is 0.167. The van der Waals surface area contributed by atoms with Gasteiger partial charge in [0, 0.05) is 19.3 Å². The normalized spacial score (nSPS) is 13.5. The van der Waals surface area contributed by atoms with Crippen LogP contribution in [0.3, 0.4) is 0 Å². The molecule has 1 atom stereocenters. The van der Waals surface area contributed by atoms with Crippen LogP contribution in [0.25, 0.3) is 0 Å². The fourth-order valence-corrected chi connectivity index (χ4v) is 1.65. The first-order chi connectivity index (χ1) is 8.96. The van der Waals surface area contributed by atoms with Crippen LogP contribution in [0.1, 0.15) is 20.3 Å². The first-order valence-corrected chi connectivity index (χ1v) is 6.35. The van der Waals surface area contributed by atoms with Crippen LogP contribution in [0.5, 0.6) is 5.75 Å². The van der Waals surface area contributed by atoms with Crippen molar-refractivity contribution in [2.75, 3.05) is 26.0 Å². The van der Waals surface area contributed by atoms with Gasteiger partial charge in [0.2, 0.25) is 0 Å². The number of carbonyl (C=O) groups excluding carboxylic acids is 1. The molecular weight excluding hydrogens is 242 g/mol. The number of ether oxygens (including phenoxy) is 1. The lowest BCUT2D eigenvalue weighted by molar-refractivity contribution is 0.158. The van der Waals surface area contributed by atoms with Gasteiger partial charge in [-0.3, -0.25) is 0 Å². The lowest BCUT2D eigenvalue weighted by atomic mass is 9.97. The highest BCUT2D eigenvalue weighted by Crippen LogP contribution is 2.19. The molecule has 0 saturated carbocycles. The topological polar surface area (TPSA) is 67.6 Å². The standard InChI is InChI=1S/C14H23N3O2/c1-5-14(2,10-15)17(3)13(18)16-11-6-8-12(19-4)9-7-11/h6-9H,5,10,15H2,1-4H3,(H,16,18). The summed E-state index contributed by atoms with van der Waals surface area (Å²) in [6.45, 7) is 4.42. The molecule has 1 rings (SSSR count). The SMILES string of the molecule is CCC(C)(CN)N(C)C(=O)Nc1ccc(OC)cc1. The molecule has 0 bridgehead atoms. The van der Waals surface area contributed by atoms with Crippen molar-refractivity contribution in [3.05, 3.63) is 24.3 Å². The summed E-state index contributed by atoms with van der Waals surface area (Å²) in [5, 5.41) is 2.84. The number of nitrogens with two attached hydrogens (primary N) is 1. The van der Waals surface area contributed by atoms with Crippen LogP contribution in [-0.4, -0.2) is 37.2 Å². The Hall–Kier alpha value is -1.75. The van der Waals surface area contributed by atoms with Crippen molar-refractivity contribution in [1.82, 2.24) is 4.90 Å². The molecule has 0 aromatic heterocycles. The first-order valence-electron chi connectivity index (χ1n) is 6.35. The van der Waals surface area contributed by atoms with Crippen LogP contribution in [0.2, 0.25) is 0 Å². The van der Waals surface area contributed by atoms with E-state index in [2.05, 4.69) is 5.32 Å².